The number of likely N-dealkylation sites (tertiary alicyclic amines) is 1. The van der Waals surface area contributed by atoms with Crippen molar-refractivity contribution < 1.29 is 4.79 Å². The first-order valence-corrected chi connectivity index (χ1v) is 7.83. The van der Waals surface area contributed by atoms with Crippen LogP contribution in [0.25, 0.3) is 0 Å². The number of carbonyl (C=O) groups excluding carboxylic acids is 1. The van der Waals surface area contributed by atoms with Crippen molar-refractivity contribution in [3.8, 4) is 0 Å². The average molecular weight is 289 g/mol. The van der Waals surface area contributed by atoms with Crippen LogP contribution in [-0.4, -0.2) is 46.9 Å². The third-order valence-corrected chi connectivity index (χ3v) is 4.09. The van der Waals surface area contributed by atoms with Crippen LogP contribution in [0.1, 0.15) is 32.8 Å². The van der Waals surface area contributed by atoms with E-state index in [2.05, 4.69) is 43.0 Å². The molecule has 4 heteroatoms. The molecule has 1 aromatic carbocycles. The van der Waals surface area contributed by atoms with Crippen LogP contribution in [0.5, 0.6) is 0 Å². The van der Waals surface area contributed by atoms with E-state index in [4.69, 9.17) is 5.73 Å². The Morgan fingerprint density at radius 3 is 2.57 bits per heavy atom. The Hall–Kier alpha value is -1.39. The summed E-state index contributed by atoms with van der Waals surface area (Å²) in [4.78, 5) is 16.7. The summed E-state index contributed by atoms with van der Waals surface area (Å²) in [5, 5.41) is 0. The van der Waals surface area contributed by atoms with Crippen LogP contribution in [0.3, 0.4) is 0 Å². The van der Waals surface area contributed by atoms with E-state index in [0.717, 1.165) is 26.1 Å². The molecule has 1 fully saturated rings. The Bertz CT molecular complexity index is 458. The van der Waals surface area contributed by atoms with Crippen molar-refractivity contribution in [2.24, 2.45) is 5.73 Å². The molecule has 116 valence electrons. The molecule has 0 aromatic heterocycles. The van der Waals surface area contributed by atoms with E-state index < -0.39 is 6.04 Å². The van der Waals surface area contributed by atoms with E-state index in [0.29, 0.717) is 0 Å². The van der Waals surface area contributed by atoms with Gasteiger partial charge in [0, 0.05) is 31.7 Å². The van der Waals surface area contributed by atoms with Gasteiger partial charge >= 0.3 is 0 Å². The van der Waals surface area contributed by atoms with E-state index >= 15 is 0 Å². The van der Waals surface area contributed by atoms with Crippen molar-refractivity contribution in [3.63, 3.8) is 0 Å². The summed E-state index contributed by atoms with van der Waals surface area (Å²) in [6, 6.07) is 10.6. The van der Waals surface area contributed by atoms with Crippen molar-refractivity contribution >= 4 is 5.91 Å². The van der Waals surface area contributed by atoms with E-state index in [-0.39, 0.29) is 18.0 Å². The van der Waals surface area contributed by atoms with Crippen molar-refractivity contribution in [3.05, 3.63) is 35.9 Å². The van der Waals surface area contributed by atoms with Crippen molar-refractivity contribution in [2.45, 2.75) is 51.9 Å². The average Bonchev–Trinajstić information content (AvgIpc) is 2.87. The molecule has 1 saturated heterocycles. The minimum atomic E-state index is -0.421. The standard InChI is InChI=1S/C17H27N3O/c1-13(2)20(17(21)14(3)18)16-9-10-19(12-16)11-15-7-5-4-6-8-15/h4-8,13-14,16H,9-12,18H2,1-3H3. The first-order valence-electron chi connectivity index (χ1n) is 7.83. The highest BCUT2D eigenvalue weighted by Crippen LogP contribution is 2.20. The lowest BCUT2D eigenvalue weighted by Gasteiger charge is -2.34. The molecule has 4 nitrogen and oxygen atoms in total. The summed E-state index contributed by atoms with van der Waals surface area (Å²) in [5.41, 5.74) is 7.12. The van der Waals surface area contributed by atoms with E-state index in [1.54, 1.807) is 6.92 Å². The van der Waals surface area contributed by atoms with Gasteiger partial charge in [-0.25, -0.2) is 0 Å². The summed E-state index contributed by atoms with van der Waals surface area (Å²) in [6.45, 7) is 8.84. The monoisotopic (exact) mass is 289 g/mol. The Labute approximate surface area is 127 Å². The summed E-state index contributed by atoms with van der Waals surface area (Å²) in [6.07, 6.45) is 1.03. The highest BCUT2D eigenvalue weighted by Gasteiger charge is 2.33. The van der Waals surface area contributed by atoms with Crippen molar-refractivity contribution in [2.75, 3.05) is 13.1 Å². The number of amides is 1. The maximum atomic E-state index is 12.3. The number of carbonyl (C=O) groups is 1. The summed E-state index contributed by atoms with van der Waals surface area (Å²) < 4.78 is 0. The SMILES string of the molecule is CC(N)C(=O)N(C(C)C)C1CCN(Cc2ccccc2)C1. The van der Waals surface area contributed by atoms with Gasteiger partial charge in [0.2, 0.25) is 5.91 Å². The number of hydrogen-bond donors (Lipinski definition) is 1. The molecule has 1 aromatic rings. The first-order chi connectivity index (χ1) is 9.99. The van der Waals surface area contributed by atoms with Crippen LogP contribution in [0.15, 0.2) is 30.3 Å². The number of hydrogen-bond acceptors (Lipinski definition) is 3. The molecule has 1 aliphatic heterocycles. The fourth-order valence-corrected chi connectivity index (χ4v) is 3.12. The second-order valence-electron chi connectivity index (χ2n) is 6.29. The quantitative estimate of drug-likeness (QED) is 0.900. The highest BCUT2D eigenvalue weighted by molar-refractivity contribution is 5.81. The predicted octanol–water partition coefficient (Wildman–Crippen LogP) is 1.85. The zero-order valence-electron chi connectivity index (χ0n) is 13.3. The maximum Gasteiger partial charge on any atom is 0.239 e. The number of nitrogens with two attached hydrogens (primary N) is 1. The van der Waals surface area contributed by atoms with Crippen LogP contribution in [0.2, 0.25) is 0 Å². The largest absolute Gasteiger partial charge is 0.335 e. The van der Waals surface area contributed by atoms with Gasteiger partial charge in [-0.3, -0.25) is 9.69 Å². The summed E-state index contributed by atoms with van der Waals surface area (Å²) >= 11 is 0. The minimum absolute atomic E-state index is 0.0663. The number of nitrogens with zero attached hydrogens (tertiary/aromatic N) is 2. The van der Waals surface area contributed by atoms with Gasteiger partial charge in [0.05, 0.1) is 6.04 Å². The second kappa shape index (κ2) is 7.05. The molecule has 1 aliphatic rings. The fourth-order valence-electron chi connectivity index (χ4n) is 3.12. The lowest BCUT2D eigenvalue weighted by Crippen LogP contribution is -2.51. The van der Waals surface area contributed by atoms with Crippen molar-refractivity contribution in [1.29, 1.82) is 0 Å². The molecule has 1 amide bonds. The normalized spacial score (nSPS) is 20.7. The molecule has 2 rings (SSSR count). The molecule has 2 atom stereocenters. The molecule has 2 N–H and O–H groups in total. The highest BCUT2D eigenvalue weighted by atomic mass is 16.2. The summed E-state index contributed by atoms with van der Waals surface area (Å²) in [5.74, 6) is 0.0663. The smallest absolute Gasteiger partial charge is 0.239 e. The fraction of sp³-hybridized carbons (Fsp3) is 0.588. The summed E-state index contributed by atoms with van der Waals surface area (Å²) in [7, 11) is 0. The molecule has 0 radical (unpaired) electrons. The van der Waals surface area contributed by atoms with E-state index in [1.165, 1.54) is 5.56 Å². The van der Waals surface area contributed by atoms with Crippen LogP contribution < -0.4 is 5.73 Å². The molecule has 2 unspecified atom stereocenters. The van der Waals surface area contributed by atoms with Gasteiger partial charge in [-0.15, -0.1) is 0 Å². The first kappa shape index (κ1) is 16.0. The second-order valence-corrected chi connectivity index (χ2v) is 6.29. The zero-order valence-corrected chi connectivity index (χ0v) is 13.3. The molecule has 0 saturated carbocycles. The van der Waals surface area contributed by atoms with Gasteiger partial charge in [-0.1, -0.05) is 30.3 Å². The Balaban J connectivity index is 1.98. The minimum Gasteiger partial charge on any atom is -0.335 e. The number of rotatable bonds is 5. The third kappa shape index (κ3) is 4.05. The lowest BCUT2D eigenvalue weighted by molar-refractivity contribution is -0.136. The third-order valence-electron chi connectivity index (χ3n) is 4.09. The molecule has 0 spiro atoms. The van der Waals surface area contributed by atoms with E-state index in [9.17, 15) is 4.79 Å². The zero-order chi connectivity index (χ0) is 15.4. The molecule has 0 aliphatic carbocycles. The van der Waals surface area contributed by atoms with Gasteiger partial charge in [-0.05, 0) is 32.8 Å². The molecule has 1 heterocycles. The van der Waals surface area contributed by atoms with Gasteiger partial charge in [0.1, 0.15) is 0 Å². The maximum absolute atomic E-state index is 12.3. The van der Waals surface area contributed by atoms with Gasteiger partial charge < -0.3 is 10.6 Å². The van der Waals surface area contributed by atoms with Crippen LogP contribution >= 0.6 is 0 Å². The number of benzene rings is 1. The van der Waals surface area contributed by atoms with Gasteiger partial charge in [-0.2, -0.15) is 0 Å². The molecule has 0 bridgehead atoms. The van der Waals surface area contributed by atoms with Crippen LogP contribution in [0.4, 0.5) is 0 Å². The topological polar surface area (TPSA) is 49.6 Å². The molecular formula is C17H27N3O. The molecular weight excluding hydrogens is 262 g/mol. The Morgan fingerprint density at radius 1 is 1.33 bits per heavy atom. The van der Waals surface area contributed by atoms with Gasteiger partial charge in [0.25, 0.3) is 0 Å². The van der Waals surface area contributed by atoms with Crippen molar-refractivity contribution in [1.82, 2.24) is 9.80 Å². The van der Waals surface area contributed by atoms with Gasteiger partial charge in [0.15, 0.2) is 0 Å². The Morgan fingerprint density at radius 2 is 2.00 bits per heavy atom. The van der Waals surface area contributed by atoms with Crippen LogP contribution in [-0.2, 0) is 11.3 Å². The van der Waals surface area contributed by atoms with E-state index in [1.807, 2.05) is 11.0 Å². The lowest BCUT2D eigenvalue weighted by atomic mass is 10.1. The van der Waals surface area contributed by atoms with Crippen LogP contribution in [0, 0.1) is 0 Å². The molecule has 21 heavy (non-hydrogen) atoms. The Kier molecular flexibility index (Phi) is 5.37. The predicted molar refractivity (Wildman–Crippen MR) is 85.8 cm³/mol.